The van der Waals surface area contributed by atoms with Crippen LogP contribution in [0.5, 0.6) is 0 Å². The summed E-state index contributed by atoms with van der Waals surface area (Å²) in [5.41, 5.74) is 2.22. The lowest BCUT2D eigenvalue weighted by atomic mass is 10.00. The molecule has 2 aromatic carbocycles. The minimum absolute atomic E-state index is 0.00257. The lowest BCUT2D eigenvalue weighted by Crippen LogP contribution is -2.54. The van der Waals surface area contributed by atoms with Gasteiger partial charge in [0.25, 0.3) is 0 Å². The number of aliphatic carboxylic acids is 1. The van der Waals surface area contributed by atoms with Gasteiger partial charge < -0.3 is 15.2 Å². The number of Topliss-reactive ketones (excluding diaryl/α,β-unsaturated/α-hetero) is 1. The highest BCUT2D eigenvalue weighted by molar-refractivity contribution is 7.89. The summed E-state index contributed by atoms with van der Waals surface area (Å²) in [4.78, 5) is 41.5. The average molecular weight is 611 g/mol. The Morgan fingerprint density at radius 1 is 1.02 bits per heavy atom. The molecular formula is C31H38N4O7S. The number of unbranched alkanes of at least 4 members (excludes halogenated alkanes) is 2. The van der Waals surface area contributed by atoms with Gasteiger partial charge in [-0.2, -0.15) is 14.6 Å². The molecule has 2 N–H and O–H groups in total. The van der Waals surface area contributed by atoms with Crippen LogP contribution in [0.1, 0.15) is 64.0 Å². The van der Waals surface area contributed by atoms with Gasteiger partial charge in [-0.15, -0.1) is 0 Å². The molecular weight excluding hydrogens is 572 g/mol. The van der Waals surface area contributed by atoms with Crippen LogP contribution in [0.2, 0.25) is 0 Å². The lowest BCUT2D eigenvalue weighted by Gasteiger charge is -2.27. The second-order valence-corrected chi connectivity index (χ2v) is 12.5. The first-order chi connectivity index (χ1) is 20.4. The van der Waals surface area contributed by atoms with Crippen molar-refractivity contribution in [1.82, 2.24) is 9.62 Å². The SMILES string of the molecule is CC(CCCCCC(=O)Cc1ccc(C[C@H](NC(=O)[C@@H]2C(C)OC(C)N2S(=O)(=O)c2ccccc2)C(=O)O)cc1)=NC#N. The number of carboxylic acids is 1. The van der Waals surface area contributed by atoms with Crippen LogP contribution in [0.3, 0.4) is 0 Å². The third-order valence-corrected chi connectivity index (χ3v) is 9.24. The van der Waals surface area contributed by atoms with Gasteiger partial charge in [-0.05, 0) is 63.3 Å². The van der Waals surface area contributed by atoms with Crippen LogP contribution in [0.4, 0.5) is 0 Å². The number of rotatable bonds is 15. The fourth-order valence-corrected chi connectivity index (χ4v) is 6.84. The number of carboxylic acid groups (broad SMARTS) is 1. The number of aliphatic imine (C=N–C) groups is 1. The second-order valence-electron chi connectivity index (χ2n) is 10.7. The molecule has 0 spiro atoms. The van der Waals surface area contributed by atoms with E-state index in [1.54, 1.807) is 55.6 Å². The molecule has 11 nitrogen and oxygen atoms in total. The Morgan fingerprint density at radius 3 is 2.28 bits per heavy atom. The average Bonchev–Trinajstić information content (AvgIpc) is 3.28. The number of carbonyl (C=O) groups excluding carboxylic acids is 2. The summed E-state index contributed by atoms with van der Waals surface area (Å²) in [5, 5.41) is 20.9. The van der Waals surface area contributed by atoms with Crippen molar-refractivity contribution in [3.05, 3.63) is 65.7 Å². The summed E-state index contributed by atoms with van der Waals surface area (Å²) in [5.74, 6) is -1.93. The van der Waals surface area contributed by atoms with E-state index in [0.717, 1.165) is 41.3 Å². The van der Waals surface area contributed by atoms with Gasteiger partial charge in [0.1, 0.15) is 24.1 Å². The van der Waals surface area contributed by atoms with E-state index >= 15 is 0 Å². The predicted octanol–water partition coefficient (Wildman–Crippen LogP) is 3.63. The molecule has 1 aliphatic rings. The molecule has 12 heteroatoms. The maximum absolute atomic E-state index is 13.4. The van der Waals surface area contributed by atoms with E-state index < -0.39 is 46.3 Å². The minimum atomic E-state index is -4.10. The van der Waals surface area contributed by atoms with Crippen molar-refractivity contribution in [3.63, 3.8) is 0 Å². The first-order valence-electron chi connectivity index (χ1n) is 14.2. The van der Waals surface area contributed by atoms with Crippen molar-refractivity contribution in [1.29, 1.82) is 5.26 Å². The summed E-state index contributed by atoms with van der Waals surface area (Å²) in [6.45, 7) is 4.91. The monoisotopic (exact) mass is 610 g/mol. The zero-order valence-electron chi connectivity index (χ0n) is 24.6. The molecule has 0 saturated carbocycles. The third kappa shape index (κ3) is 9.28. The summed E-state index contributed by atoms with van der Waals surface area (Å²) >= 11 is 0. The van der Waals surface area contributed by atoms with Crippen LogP contribution in [0, 0.1) is 11.5 Å². The van der Waals surface area contributed by atoms with Crippen molar-refractivity contribution in [3.8, 4) is 6.19 Å². The number of benzene rings is 2. The van der Waals surface area contributed by atoms with Crippen LogP contribution < -0.4 is 5.32 Å². The molecule has 4 atom stereocenters. The van der Waals surface area contributed by atoms with Crippen molar-refractivity contribution in [2.45, 2.75) is 95.0 Å². The standard InChI is InChI=1S/C31H38N4O7S/c1-21(33-20-32)10-6-4-7-11-26(36)18-24-14-16-25(17-15-24)19-28(31(38)39)34-30(37)29-22(2)42-23(3)35(29)43(40,41)27-12-8-5-9-13-27/h5,8-9,12-17,22-23,28-29H,4,6-7,10-11,18-19H2,1-3H3,(H,34,37)(H,38,39)/t22?,23?,28-,29-/m0/s1. The molecule has 1 heterocycles. The Labute approximate surface area is 252 Å². The number of nitrogens with one attached hydrogen (secondary N) is 1. The molecule has 1 amide bonds. The molecule has 1 aliphatic heterocycles. The largest absolute Gasteiger partial charge is 0.480 e. The van der Waals surface area contributed by atoms with Gasteiger partial charge in [0, 0.05) is 25.0 Å². The van der Waals surface area contributed by atoms with E-state index in [-0.39, 0.29) is 23.5 Å². The Hall–Kier alpha value is -3.92. The van der Waals surface area contributed by atoms with Crippen molar-refractivity contribution in [2.75, 3.05) is 0 Å². The molecule has 43 heavy (non-hydrogen) atoms. The van der Waals surface area contributed by atoms with Gasteiger partial charge in [-0.1, -0.05) is 48.9 Å². The van der Waals surface area contributed by atoms with Crippen molar-refractivity contribution < 1.29 is 32.6 Å². The zero-order valence-corrected chi connectivity index (χ0v) is 25.4. The smallest absolute Gasteiger partial charge is 0.326 e. The molecule has 0 radical (unpaired) electrons. The lowest BCUT2D eigenvalue weighted by molar-refractivity contribution is -0.142. The number of ketones is 1. The van der Waals surface area contributed by atoms with Gasteiger partial charge in [0.05, 0.1) is 11.0 Å². The second kappa shape index (κ2) is 15.5. The van der Waals surface area contributed by atoms with Crippen LogP contribution in [-0.4, -0.2) is 65.6 Å². The highest BCUT2D eigenvalue weighted by Crippen LogP contribution is 2.30. The number of nitrogens with zero attached hydrogens (tertiary/aromatic N) is 3. The topological polar surface area (TPSA) is 166 Å². The summed E-state index contributed by atoms with van der Waals surface area (Å²) in [6.07, 6.45) is 3.93. The maximum Gasteiger partial charge on any atom is 0.326 e. The quantitative estimate of drug-likeness (QED) is 0.175. The number of amides is 1. The molecule has 2 unspecified atom stereocenters. The number of ether oxygens (including phenoxy) is 1. The van der Waals surface area contributed by atoms with E-state index in [0.29, 0.717) is 12.0 Å². The first kappa shape index (κ1) is 33.6. The van der Waals surface area contributed by atoms with E-state index in [9.17, 15) is 27.9 Å². The predicted molar refractivity (Wildman–Crippen MR) is 159 cm³/mol. The Balaban J connectivity index is 1.59. The van der Waals surface area contributed by atoms with Gasteiger partial charge in [-0.25, -0.2) is 13.2 Å². The number of hydrogen-bond acceptors (Lipinski definition) is 8. The van der Waals surface area contributed by atoms with Gasteiger partial charge in [0.2, 0.25) is 22.1 Å². The van der Waals surface area contributed by atoms with Crippen LogP contribution in [0.25, 0.3) is 0 Å². The fraction of sp³-hybridized carbons (Fsp3) is 0.452. The minimum Gasteiger partial charge on any atom is -0.480 e. The molecule has 3 rings (SSSR count). The number of carbonyl (C=O) groups is 3. The maximum atomic E-state index is 13.4. The molecule has 230 valence electrons. The number of hydrogen-bond donors (Lipinski definition) is 2. The Bertz CT molecular complexity index is 1450. The van der Waals surface area contributed by atoms with E-state index in [1.807, 2.05) is 6.92 Å². The summed E-state index contributed by atoms with van der Waals surface area (Å²) in [6, 6.07) is 12.1. The molecule has 1 fully saturated rings. The van der Waals surface area contributed by atoms with Crippen LogP contribution >= 0.6 is 0 Å². The van der Waals surface area contributed by atoms with Crippen molar-refractivity contribution >= 4 is 33.4 Å². The van der Waals surface area contributed by atoms with Gasteiger partial charge >= 0.3 is 5.97 Å². The van der Waals surface area contributed by atoms with Crippen LogP contribution in [0.15, 0.2) is 64.5 Å². The normalized spacial score (nSPS) is 19.9. The fourth-order valence-electron chi connectivity index (χ4n) is 5.09. The summed E-state index contributed by atoms with van der Waals surface area (Å²) < 4.78 is 33.4. The van der Waals surface area contributed by atoms with Gasteiger partial charge in [0.15, 0.2) is 0 Å². The molecule has 0 aromatic heterocycles. The van der Waals surface area contributed by atoms with Crippen LogP contribution in [-0.2, 0) is 42.0 Å². The summed E-state index contributed by atoms with van der Waals surface area (Å²) in [7, 11) is -4.10. The Morgan fingerprint density at radius 2 is 1.65 bits per heavy atom. The van der Waals surface area contributed by atoms with Crippen molar-refractivity contribution in [2.24, 2.45) is 4.99 Å². The van der Waals surface area contributed by atoms with E-state index in [4.69, 9.17) is 10.00 Å². The zero-order chi connectivity index (χ0) is 31.6. The van der Waals surface area contributed by atoms with E-state index in [2.05, 4.69) is 10.3 Å². The number of nitriles is 1. The molecule has 0 bridgehead atoms. The van der Waals surface area contributed by atoms with E-state index in [1.165, 1.54) is 19.1 Å². The number of sulfonamides is 1. The van der Waals surface area contributed by atoms with Gasteiger partial charge in [-0.3, -0.25) is 9.59 Å². The first-order valence-corrected chi connectivity index (χ1v) is 15.7. The highest BCUT2D eigenvalue weighted by Gasteiger charge is 2.49. The molecule has 0 aliphatic carbocycles. The third-order valence-electron chi connectivity index (χ3n) is 7.29. The highest BCUT2D eigenvalue weighted by atomic mass is 32.2. The molecule has 1 saturated heterocycles. The Kier molecular flexibility index (Phi) is 12.1. The molecule has 2 aromatic rings.